The van der Waals surface area contributed by atoms with Gasteiger partial charge in [-0.1, -0.05) is 49.6 Å². The summed E-state index contributed by atoms with van der Waals surface area (Å²) in [5.41, 5.74) is 1.68. The maximum absolute atomic E-state index is 12.4. The highest BCUT2D eigenvalue weighted by molar-refractivity contribution is 6.08. The molecule has 0 spiro atoms. The van der Waals surface area contributed by atoms with E-state index in [1.807, 2.05) is 24.3 Å². The van der Waals surface area contributed by atoms with Gasteiger partial charge in [0.2, 0.25) is 11.8 Å². The van der Waals surface area contributed by atoms with E-state index in [2.05, 4.69) is 22.8 Å². The number of rotatable bonds is 6. The fourth-order valence-corrected chi connectivity index (χ4v) is 4.14. The summed E-state index contributed by atoms with van der Waals surface area (Å²) in [6, 6.07) is 12.1. The van der Waals surface area contributed by atoms with Gasteiger partial charge in [-0.05, 0) is 29.7 Å². The van der Waals surface area contributed by atoms with Gasteiger partial charge >= 0.3 is 0 Å². The number of benzene rings is 2. The Morgan fingerprint density at radius 2 is 1.75 bits per heavy atom. The molecule has 146 valence electrons. The molecule has 0 atom stereocenters. The molecule has 1 heterocycles. The summed E-state index contributed by atoms with van der Waals surface area (Å²) in [5, 5.41) is 9.07. The zero-order valence-corrected chi connectivity index (χ0v) is 16.0. The van der Waals surface area contributed by atoms with E-state index in [4.69, 9.17) is 4.42 Å². The molecule has 0 aliphatic heterocycles. The second-order valence-electron chi connectivity index (χ2n) is 7.57. The first-order valence-electron chi connectivity index (χ1n) is 10.1. The van der Waals surface area contributed by atoms with Gasteiger partial charge in [-0.25, -0.2) is 0 Å². The van der Waals surface area contributed by atoms with Crippen molar-refractivity contribution < 1.29 is 14.0 Å². The molecule has 1 saturated carbocycles. The van der Waals surface area contributed by atoms with Crippen LogP contribution in [0.15, 0.2) is 47.1 Å². The molecule has 0 radical (unpaired) electrons. The number of furan rings is 1. The lowest BCUT2D eigenvalue weighted by molar-refractivity contribution is -0.126. The Balaban J connectivity index is 1.32. The minimum absolute atomic E-state index is 0.0671. The molecule has 28 heavy (non-hydrogen) atoms. The molecular formula is C23H26N2O3. The third-order valence-corrected chi connectivity index (χ3v) is 5.61. The second-order valence-corrected chi connectivity index (χ2v) is 7.57. The fraction of sp³-hybridized carbons (Fsp3) is 0.391. The molecule has 5 nitrogen and oxygen atoms in total. The van der Waals surface area contributed by atoms with E-state index < -0.39 is 0 Å². The van der Waals surface area contributed by atoms with Crippen LogP contribution in [0.3, 0.4) is 0 Å². The largest absolute Gasteiger partial charge is 0.464 e. The molecule has 0 unspecified atom stereocenters. The Labute approximate surface area is 164 Å². The van der Waals surface area contributed by atoms with E-state index in [0.29, 0.717) is 13.1 Å². The average Bonchev–Trinajstić information content (AvgIpc) is 3.15. The highest BCUT2D eigenvalue weighted by Gasteiger charge is 2.20. The summed E-state index contributed by atoms with van der Waals surface area (Å²) in [5.74, 6) is 0.207. The number of amides is 2. The number of nitrogens with one attached hydrogen (secondary N) is 2. The number of carbonyl (C=O) groups excluding carboxylic acids is 2. The number of hydrogen-bond donors (Lipinski definition) is 2. The Kier molecular flexibility index (Phi) is 5.60. The lowest BCUT2D eigenvalue weighted by Crippen LogP contribution is -2.38. The Morgan fingerprint density at radius 3 is 2.61 bits per heavy atom. The lowest BCUT2D eigenvalue weighted by Gasteiger charge is -2.20. The highest BCUT2D eigenvalue weighted by atomic mass is 16.3. The van der Waals surface area contributed by atoms with Crippen molar-refractivity contribution in [2.75, 3.05) is 13.1 Å². The van der Waals surface area contributed by atoms with E-state index in [1.54, 1.807) is 6.26 Å². The van der Waals surface area contributed by atoms with E-state index in [-0.39, 0.29) is 24.2 Å². The Hall–Kier alpha value is -2.82. The first-order valence-corrected chi connectivity index (χ1v) is 10.1. The summed E-state index contributed by atoms with van der Waals surface area (Å²) in [6.07, 6.45) is 7.42. The molecular weight excluding hydrogens is 352 g/mol. The number of hydrogen-bond acceptors (Lipinski definition) is 3. The molecule has 1 aromatic heterocycles. The molecule has 4 rings (SSSR count). The molecule has 3 aromatic rings. The van der Waals surface area contributed by atoms with Gasteiger partial charge in [-0.3, -0.25) is 9.59 Å². The summed E-state index contributed by atoms with van der Waals surface area (Å²) in [6.45, 7) is 0.907. The number of fused-ring (bicyclic) bond motifs is 3. The van der Waals surface area contributed by atoms with Gasteiger partial charge < -0.3 is 15.1 Å². The zero-order chi connectivity index (χ0) is 19.3. The van der Waals surface area contributed by atoms with Crippen molar-refractivity contribution >= 4 is 33.6 Å². The molecule has 2 amide bonds. The van der Waals surface area contributed by atoms with Crippen molar-refractivity contribution in [2.24, 2.45) is 5.92 Å². The molecule has 2 aromatic carbocycles. The quantitative estimate of drug-likeness (QED) is 0.638. The van der Waals surface area contributed by atoms with Crippen LogP contribution in [0.5, 0.6) is 0 Å². The van der Waals surface area contributed by atoms with E-state index in [0.717, 1.165) is 53.0 Å². The molecule has 5 heteroatoms. The highest BCUT2D eigenvalue weighted by Crippen LogP contribution is 2.30. The van der Waals surface area contributed by atoms with Crippen LogP contribution in [-0.4, -0.2) is 24.9 Å². The van der Waals surface area contributed by atoms with Gasteiger partial charge in [0.05, 0.1) is 12.7 Å². The average molecular weight is 378 g/mol. The van der Waals surface area contributed by atoms with Crippen LogP contribution in [-0.2, 0) is 16.0 Å². The molecule has 1 aliphatic carbocycles. The van der Waals surface area contributed by atoms with Crippen molar-refractivity contribution in [3.8, 4) is 0 Å². The maximum atomic E-state index is 12.4. The number of carbonyl (C=O) groups is 2. The first-order chi connectivity index (χ1) is 13.7. The Bertz CT molecular complexity index is 986. The van der Waals surface area contributed by atoms with Crippen molar-refractivity contribution in [2.45, 2.75) is 38.5 Å². The van der Waals surface area contributed by atoms with Crippen molar-refractivity contribution in [1.82, 2.24) is 10.6 Å². The van der Waals surface area contributed by atoms with E-state index >= 15 is 0 Å². The summed E-state index contributed by atoms with van der Waals surface area (Å²) in [7, 11) is 0. The second kappa shape index (κ2) is 8.46. The van der Waals surface area contributed by atoms with Crippen LogP contribution < -0.4 is 10.6 Å². The van der Waals surface area contributed by atoms with E-state index in [9.17, 15) is 9.59 Å². The van der Waals surface area contributed by atoms with E-state index in [1.165, 1.54) is 6.42 Å². The molecule has 1 aliphatic rings. The van der Waals surface area contributed by atoms with Crippen LogP contribution >= 0.6 is 0 Å². The van der Waals surface area contributed by atoms with Gasteiger partial charge in [-0.2, -0.15) is 0 Å². The SMILES string of the molecule is O=C(Cc1coc2ccc3ccccc3c12)NCCNC(=O)C1CCCCC1. The van der Waals surface area contributed by atoms with Crippen LogP contribution in [0.25, 0.3) is 21.7 Å². The van der Waals surface area contributed by atoms with Crippen molar-refractivity contribution in [3.05, 3.63) is 48.2 Å². The molecule has 0 saturated heterocycles. The first kappa shape index (κ1) is 18.5. The molecule has 1 fully saturated rings. The fourth-order valence-electron chi connectivity index (χ4n) is 4.14. The lowest BCUT2D eigenvalue weighted by atomic mass is 9.89. The third kappa shape index (κ3) is 4.03. The monoisotopic (exact) mass is 378 g/mol. The molecule has 0 bridgehead atoms. The normalized spacial score (nSPS) is 15.0. The van der Waals surface area contributed by atoms with Gasteiger partial charge in [0.15, 0.2) is 0 Å². The van der Waals surface area contributed by atoms with Gasteiger partial charge in [-0.15, -0.1) is 0 Å². The summed E-state index contributed by atoms with van der Waals surface area (Å²) < 4.78 is 5.65. The summed E-state index contributed by atoms with van der Waals surface area (Å²) in [4.78, 5) is 24.5. The standard InChI is InChI=1S/C23H26N2O3/c26-21(24-12-13-25-23(27)17-7-2-1-3-8-17)14-18-15-28-20-11-10-16-6-4-5-9-19(16)22(18)20/h4-6,9-11,15,17H,1-3,7-8,12-14H2,(H,24,26)(H,25,27). The zero-order valence-electron chi connectivity index (χ0n) is 16.0. The maximum Gasteiger partial charge on any atom is 0.224 e. The van der Waals surface area contributed by atoms with Gasteiger partial charge in [0.1, 0.15) is 5.58 Å². The van der Waals surface area contributed by atoms with Crippen molar-refractivity contribution in [3.63, 3.8) is 0 Å². The summed E-state index contributed by atoms with van der Waals surface area (Å²) >= 11 is 0. The van der Waals surface area contributed by atoms with Crippen molar-refractivity contribution in [1.29, 1.82) is 0 Å². The smallest absolute Gasteiger partial charge is 0.224 e. The topological polar surface area (TPSA) is 71.3 Å². The molecule has 2 N–H and O–H groups in total. The van der Waals surface area contributed by atoms with Crippen LogP contribution in [0.1, 0.15) is 37.7 Å². The third-order valence-electron chi connectivity index (χ3n) is 5.61. The van der Waals surface area contributed by atoms with Gasteiger partial charge in [0.25, 0.3) is 0 Å². The van der Waals surface area contributed by atoms with Crippen LogP contribution in [0.4, 0.5) is 0 Å². The minimum Gasteiger partial charge on any atom is -0.464 e. The Morgan fingerprint density at radius 1 is 0.964 bits per heavy atom. The van der Waals surface area contributed by atoms with Crippen LogP contribution in [0, 0.1) is 5.92 Å². The predicted molar refractivity (Wildman–Crippen MR) is 110 cm³/mol. The predicted octanol–water partition coefficient (Wildman–Crippen LogP) is 3.94. The minimum atomic E-state index is -0.0671. The van der Waals surface area contributed by atoms with Gasteiger partial charge in [0, 0.05) is 30.0 Å². The van der Waals surface area contributed by atoms with Crippen LogP contribution in [0.2, 0.25) is 0 Å².